The van der Waals surface area contributed by atoms with Crippen molar-refractivity contribution in [2.24, 2.45) is 5.73 Å². The number of benzene rings is 1. The van der Waals surface area contributed by atoms with E-state index in [1.54, 1.807) is 0 Å². The number of nitrogens with zero attached hydrogens (tertiary/aromatic N) is 2. The third kappa shape index (κ3) is 3.88. The smallest absolute Gasteiger partial charge is 0.0547 e. The van der Waals surface area contributed by atoms with Crippen molar-refractivity contribution in [2.45, 2.75) is 26.6 Å². The molecule has 0 amide bonds. The topological polar surface area (TPSA) is 42.1 Å². The van der Waals surface area contributed by atoms with Crippen molar-refractivity contribution in [1.82, 2.24) is 9.88 Å². The number of aromatic nitrogens is 1. The summed E-state index contributed by atoms with van der Waals surface area (Å²) in [7, 11) is 2.11. The van der Waals surface area contributed by atoms with E-state index in [4.69, 9.17) is 5.73 Å². The van der Waals surface area contributed by atoms with E-state index in [0.29, 0.717) is 6.54 Å². The summed E-state index contributed by atoms with van der Waals surface area (Å²) < 4.78 is 0. The second-order valence-corrected chi connectivity index (χ2v) is 4.92. The number of hydrogen-bond donors (Lipinski definition) is 1. The molecule has 1 heterocycles. The van der Waals surface area contributed by atoms with Gasteiger partial charge in [-0.25, -0.2) is 0 Å². The van der Waals surface area contributed by atoms with Gasteiger partial charge < -0.3 is 5.73 Å². The first kappa shape index (κ1) is 13.7. The van der Waals surface area contributed by atoms with E-state index in [1.807, 2.05) is 19.1 Å². The fourth-order valence-electron chi connectivity index (χ4n) is 2.22. The summed E-state index contributed by atoms with van der Waals surface area (Å²) in [5.74, 6) is 0. The first-order valence-electron chi connectivity index (χ1n) is 6.57. The van der Waals surface area contributed by atoms with Crippen molar-refractivity contribution in [1.29, 1.82) is 0 Å². The van der Waals surface area contributed by atoms with Gasteiger partial charge in [-0.3, -0.25) is 9.88 Å². The minimum atomic E-state index is 0.590. The number of pyridine rings is 1. The van der Waals surface area contributed by atoms with E-state index in [2.05, 4.69) is 47.3 Å². The van der Waals surface area contributed by atoms with Gasteiger partial charge in [0.25, 0.3) is 0 Å². The molecule has 0 saturated heterocycles. The van der Waals surface area contributed by atoms with E-state index in [-0.39, 0.29) is 0 Å². The van der Waals surface area contributed by atoms with Crippen molar-refractivity contribution >= 4 is 0 Å². The van der Waals surface area contributed by atoms with Crippen molar-refractivity contribution < 1.29 is 0 Å². The highest BCUT2D eigenvalue weighted by atomic mass is 15.1. The van der Waals surface area contributed by atoms with Crippen molar-refractivity contribution in [3.05, 3.63) is 65.0 Å². The third-order valence-corrected chi connectivity index (χ3v) is 3.16. The Morgan fingerprint density at radius 3 is 2.42 bits per heavy atom. The minimum absolute atomic E-state index is 0.590. The molecule has 19 heavy (non-hydrogen) atoms. The monoisotopic (exact) mass is 255 g/mol. The summed E-state index contributed by atoms with van der Waals surface area (Å²) in [5.41, 5.74) is 10.4. The van der Waals surface area contributed by atoms with Crippen LogP contribution >= 0.6 is 0 Å². The summed E-state index contributed by atoms with van der Waals surface area (Å²) in [6.45, 7) is 4.35. The van der Waals surface area contributed by atoms with Crippen LogP contribution in [0.15, 0.2) is 42.5 Å². The highest BCUT2D eigenvalue weighted by molar-refractivity contribution is 5.26. The molecule has 0 atom stereocenters. The molecule has 0 bridgehead atoms. The number of nitrogens with two attached hydrogens (primary N) is 1. The van der Waals surface area contributed by atoms with E-state index in [1.165, 1.54) is 11.1 Å². The second kappa shape index (κ2) is 6.45. The number of aryl methyl sites for hydroxylation is 1. The molecule has 0 aliphatic heterocycles. The number of hydrogen-bond acceptors (Lipinski definition) is 3. The predicted molar refractivity (Wildman–Crippen MR) is 78.5 cm³/mol. The molecule has 1 aromatic heterocycles. The van der Waals surface area contributed by atoms with Crippen LogP contribution in [0.5, 0.6) is 0 Å². The molecule has 3 nitrogen and oxygen atoms in total. The Labute approximate surface area is 115 Å². The molecule has 0 saturated carbocycles. The van der Waals surface area contributed by atoms with Crippen LogP contribution in [-0.4, -0.2) is 16.9 Å². The average molecular weight is 255 g/mol. The van der Waals surface area contributed by atoms with Gasteiger partial charge in [-0.2, -0.15) is 0 Å². The normalized spacial score (nSPS) is 10.9. The zero-order chi connectivity index (χ0) is 13.7. The Balaban J connectivity index is 2.03. The summed E-state index contributed by atoms with van der Waals surface area (Å²) in [4.78, 5) is 6.79. The maximum absolute atomic E-state index is 5.77. The van der Waals surface area contributed by atoms with Gasteiger partial charge in [-0.05, 0) is 37.2 Å². The molecule has 2 N–H and O–H groups in total. The molecule has 0 aliphatic carbocycles. The van der Waals surface area contributed by atoms with Gasteiger partial charge in [0.1, 0.15) is 0 Å². The van der Waals surface area contributed by atoms with Gasteiger partial charge in [0.05, 0.1) is 5.69 Å². The molecule has 3 heteroatoms. The summed E-state index contributed by atoms with van der Waals surface area (Å²) >= 11 is 0. The fourth-order valence-corrected chi connectivity index (χ4v) is 2.22. The molecule has 0 radical (unpaired) electrons. The van der Waals surface area contributed by atoms with Crippen molar-refractivity contribution in [3.8, 4) is 0 Å². The Morgan fingerprint density at radius 1 is 1.00 bits per heavy atom. The van der Waals surface area contributed by atoms with Gasteiger partial charge >= 0.3 is 0 Å². The van der Waals surface area contributed by atoms with Crippen molar-refractivity contribution in [3.63, 3.8) is 0 Å². The zero-order valence-electron chi connectivity index (χ0n) is 11.6. The lowest BCUT2D eigenvalue weighted by atomic mass is 10.1. The minimum Gasteiger partial charge on any atom is -0.326 e. The van der Waals surface area contributed by atoms with Crippen LogP contribution in [0.2, 0.25) is 0 Å². The van der Waals surface area contributed by atoms with Gasteiger partial charge in [0.15, 0.2) is 0 Å². The maximum atomic E-state index is 5.77. The van der Waals surface area contributed by atoms with Gasteiger partial charge in [-0.1, -0.05) is 30.3 Å². The Bertz CT molecular complexity index is 537. The lowest BCUT2D eigenvalue weighted by molar-refractivity contribution is 0.314. The maximum Gasteiger partial charge on any atom is 0.0547 e. The molecule has 0 fully saturated rings. The SMILES string of the molecule is Cc1cccc(CN(C)Cc2ccccc2CN)n1. The molecular weight excluding hydrogens is 234 g/mol. The van der Waals surface area contributed by atoms with E-state index in [9.17, 15) is 0 Å². The standard InChI is InChI=1S/C16H21N3/c1-13-6-5-9-16(18-13)12-19(2)11-15-8-4-3-7-14(15)10-17/h3-9H,10-12,17H2,1-2H3. The molecule has 0 aliphatic rings. The van der Waals surface area contributed by atoms with Crippen LogP contribution in [0.4, 0.5) is 0 Å². The molecule has 2 rings (SSSR count). The van der Waals surface area contributed by atoms with Crippen LogP contribution in [0.3, 0.4) is 0 Å². The number of rotatable bonds is 5. The van der Waals surface area contributed by atoms with Gasteiger partial charge in [-0.15, -0.1) is 0 Å². The quantitative estimate of drug-likeness (QED) is 0.892. The van der Waals surface area contributed by atoms with Crippen molar-refractivity contribution in [2.75, 3.05) is 7.05 Å². The van der Waals surface area contributed by atoms with Crippen LogP contribution in [0, 0.1) is 6.92 Å². The average Bonchev–Trinajstić information content (AvgIpc) is 2.39. The molecule has 100 valence electrons. The molecule has 1 aromatic carbocycles. The molecule has 2 aromatic rings. The largest absolute Gasteiger partial charge is 0.326 e. The highest BCUT2D eigenvalue weighted by Crippen LogP contribution is 2.12. The lowest BCUT2D eigenvalue weighted by Gasteiger charge is -2.18. The van der Waals surface area contributed by atoms with E-state index >= 15 is 0 Å². The van der Waals surface area contributed by atoms with Crippen LogP contribution in [0.25, 0.3) is 0 Å². The zero-order valence-corrected chi connectivity index (χ0v) is 11.6. The second-order valence-electron chi connectivity index (χ2n) is 4.92. The van der Waals surface area contributed by atoms with Crippen LogP contribution in [0.1, 0.15) is 22.5 Å². The van der Waals surface area contributed by atoms with E-state index in [0.717, 1.165) is 24.5 Å². The Hall–Kier alpha value is -1.71. The third-order valence-electron chi connectivity index (χ3n) is 3.16. The fraction of sp³-hybridized carbons (Fsp3) is 0.312. The Kier molecular flexibility index (Phi) is 4.66. The molecule has 0 unspecified atom stereocenters. The lowest BCUT2D eigenvalue weighted by Crippen LogP contribution is -2.19. The van der Waals surface area contributed by atoms with Gasteiger partial charge in [0.2, 0.25) is 0 Å². The van der Waals surface area contributed by atoms with Crippen LogP contribution < -0.4 is 5.73 Å². The first-order valence-corrected chi connectivity index (χ1v) is 6.57. The molecule has 0 spiro atoms. The molecular formula is C16H21N3. The predicted octanol–water partition coefficient (Wildman–Crippen LogP) is 2.48. The summed E-state index contributed by atoms with van der Waals surface area (Å²) in [6.07, 6.45) is 0. The first-order chi connectivity index (χ1) is 9.19. The Morgan fingerprint density at radius 2 is 1.74 bits per heavy atom. The van der Waals surface area contributed by atoms with Crippen LogP contribution in [-0.2, 0) is 19.6 Å². The summed E-state index contributed by atoms with van der Waals surface area (Å²) in [6, 6.07) is 14.5. The van der Waals surface area contributed by atoms with E-state index < -0.39 is 0 Å². The summed E-state index contributed by atoms with van der Waals surface area (Å²) in [5, 5.41) is 0. The highest BCUT2D eigenvalue weighted by Gasteiger charge is 2.06. The van der Waals surface area contributed by atoms with Gasteiger partial charge in [0, 0.05) is 25.3 Å².